The van der Waals surface area contributed by atoms with Gasteiger partial charge in [-0.2, -0.15) is 0 Å². The van der Waals surface area contributed by atoms with Crippen molar-refractivity contribution in [2.45, 2.75) is 20.5 Å². The number of fused-ring (bicyclic) bond motifs is 1. The van der Waals surface area contributed by atoms with Crippen molar-refractivity contribution < 1.29 is 18.7 Å². The molecule has 2 aromatic carbocycles. The van der Waals surface area contributed by atoms with Crippen LogP contribution in [-0.2, 0) is 11.3 Å². The number of methoxy groups -OCH3 is 1. The minimum Gasteiger partial charge on any atom is -0.488 e. The molecular weight excluding hydrogens is 372 g/mol. The number of benzene rings is 2. The van der Waals surface area contributed by atoms with Crippen LogP contribution in [0.4, 0.5) is 0 Å². The summed E-state index contributed by atoms with van der Waals surface area (Å²) in [4.78, 5) is 12.0. The molecule has 0 atom stereocenters. The van der Waals surface area contributed by atoms with Crippen LogP contribution in [0.5, 0.6) is 5.75 Å². The van der Waals surface area contributed by atoms with Crippen molar-refractivity contribution in [2.24, 2.45) is 0 Å². The highest BCUT2D eigenvalue weighted by molar-refractivity contribution is 9.10. The Hall–Kier alpha value is -2.27. The number of halogens is 1. The summed E-state index contributed by atoms with van der Waals surface area (Å²) in [5.74, 6) is 0.759. The fourth-order valence-electron chi connectivity index (χ4n) is 2.61. The summed E-state index contributed by atoms with van der Waals surface area (Å²) < 4.78 is 17.2. The molecule has 4 nitrogen and oxygen atoms in total. The Morgan fingerprint density at radius 2 is 1.96 bits per heavy atom. The molecule has 0 aliphatic heterocycles. The van der Waals surface area contributed by atoms with E-state index in [1.807, 2.05) is 37.3 Å². The molecule has 0 spiro atoms. The van der Waals surface area contributed by atoms with E-state index in [0.29, 0.717) is 34.6 Å². The van der Waals surface area contributed by atoms with Gasteiger partial charge in [-0.25, -0.2) is 4.79 Å². The van der Waals surface area contributed by atoms with E-state index < -0.39 is 5.97 Å². The predicted octanol–water partition coefficient (Wildman–Crippen LogP) is 5.18. The summed E-state index contributed by atoms with van der Waals surface area (Å²) in [6.45, 7) is 4.24. The van der Waals surface area contributed by atoms with Gasteiger partial charge in [0, 0.05) is 5.39 Å². The van der Waals surface area contributed by atoms with E-state index in [1.54, 1.807) is 13.0 Å². The van der Waals surface area contributed by atoms with Crippen LogP contribution in [0.1, 0.15) is 27.2 Å². The number of aryl methyl sites for hydroxylation is 2. The standard InChI is InChI=1S/C19H17BrO4/c1-11-6-4-5-7-13(11)10-23-17-8-14-16(9-15(17)20)24-12(2)18(14)19(21)22-3/h4-9H,10H2,1-3H3. The van der Waals surface area contributed by atoms with E-state index in [2.05, 4.69) is 15.9 Å². The van der Waals surface area contributed by atoms with Crippen LogP contribution >= 0.6 is 15.9 Å². The summed E-state index contributed by atoms with van der Waals surface area (Å²) in [6, 6.07) is 11.7. The molecular formula is C19H17BrO4. The SMILES string of the molecule is COC(=O)c1c(C)oc2cc(Br)c(OCc3ccccc3C)cc12. The molecule has 3 rings (SSSR count). The fourth-order valence-corrected chi connectivity index (χ4v) is 3.05. The molecule has 0 saturated carbocycles. The molecule has 0 fully saturated rings. The van der Waals surface area contributed by atoms with E-state index in [-0.39, 0.29) is 0 Å². The second-order valence-corrected chi connectivity index (χ2v) is 6.37. The lowest BCUT2D eigenvalue weighted by Gasteiger charge is -2.10. The summed E-state index contributed by atoms with van der Waals surface area (Å²) >= 11 is 3.50. The van der Waals surface area contributed by atoms with E-state index in [9.17, 15) is 4.79 Å². The zero-order valence-electron chi connectivity index (χ0n) is 13.7. The fraction of sp³-hybridized carbons (Fsp3) is 0.211. The molecule has 0 aliphatic rings. The van der Waals surface area contributed by atoms with Crippen LogP contribution in [0.15, 0.2) is 45.3 Å². The molecule has 1 heterocycles. The van der Waals surface area contributed by atoms with Crippen LogP contribution < -0.4 is 4.74 Å². The van der Waals surface area contributed by atoms with Gasteiger partial charge in [0.2, 0.25) is 0 Å². The van der Waals surface area contributed by atoms with Crippen LogP contribution in [0.25, 0.3) is 11.0 Å². The van der Waals surface area contributed by atoms with Crippen LogP contribution in [0.3, 0.4) is 0 Å². The van der Waals surface area contributed by atoms with E-state index in [1.165, 1.54) is 12.7 Å². The lowest BCUT2D eigenvalue weighted by molar-refractivity contribution is 0.0601. The quantitative estimate of drug-likeness (QED) is 0.577. The van der Waals surface area contributed by atoms with Gasteiger partial charge in [-0.3, -0.25) is 0 Å². The smallest absolute Gasteiger partial charge is 0.342 e. The molecule has 0 aliphatic carbocycles. The van der Waals surface area contributed by atoms with Crippen molar-refractivity contribution in [2.75, 3.05) is 7.11 Å². The average molecular weight is 389 g/mol. The number of carbonyl (C=O) groups is 1. The molecule has 0 unspecified atom stereocenters. The summed E-state index contributed by atoms with van der Waals surface area (Å²) in [5, 5.41) is 0.683. The Labute approximate surface area is 148 Å². The lowest BCUT2D eigenvalue weighted by Crippen LogP contribution is -2.02. The maximum atomic E-state index is 12.0. The third kappa shape index (κ3) is 3.04. The van der Waals surface area contributed by atoms with Crippen molar-refractivity contribution in [1.29, 1.82) is 0 Å². The maximum Gasteiger partial charge on any atom is 0.342 e. The van der Waals surface area contributed by atoms with E-state index in [0.717, 1.165) is 10.0 Å². The minimum atomic E-state index is -0.418. The highest BCUT2D eigenvalue weighted by atomic mass is 79.9. The van der Waals surface area contributed by atoms with Gasteiger partial charge in [0.15, 0.2) is 0 Å². The highest BCUT2D eigenvalue weighted by Gasteiger charge is 2.20. The minimum absolute atomic E-state index is 0.418. The van der Waals surface area contributed by atoms with Gasteiger partial charge in [0.1, 0.15) is 29.3 Å². The topological polar surface area (TPSA) is 48.7 Å². The number of esters is 1. The van der Waals surface area contributed by atoms with Gasteiger partial charge in [-0.1, -0.05) is 24.3 Å². The van der Waals surface area contributed by atoms with Gasteiger partial charge >= 0.3 is 5.97 Å². The third-order valence-electron chi connectivity index (χ3n) is 3.95. The van der Waals surface area contributed by atoms with E-state index >= 15 is 0 Å². The first-order chi connectivity index (χ1) is 11.5. The first-order valence-corrected chi connectivity index (χ1v) is 8.29. The molecule has 0 N–H and O–H groups in total. The van der Waals surface area contributed by atoms with Crippen LogP contribution in [0, 0.1) is 13.8 Å². The van der Waals surface area contributed by atoms with Crippen molar-refractivity contribution in [1.82, 2.24) is 0 Å². The second kappa shape index (κ2) is 6.69. The zero-order chi connectivity index (χ0) is 17.3. The predicted molar refractivity (Wildman–Crippen MR) is 95.5 cm³/mol. The first-order valence-electron chi connectivity index (χ1n) is 7.49. The number of hydrogen-bond donors (Lipinski definition) is 0. The monoisotopic (exact) mass is 388 g/mol. The van der Waals surface area contributed by atoms with Crippen molar-refractivity contribution >= 4 is 32.9 Å². The van der Waals surface area contributed by atoms with Crippen molar-refractivity contribution in [3.63, 3.8) is 0 Å². The van der Waals surface area contributed by atoms with Gasteiger partial charge in [0.25, 0.3) is 0 Å². The molecule has 0 bridgehead atoms. The number of furan rings is 1. The molecule has 124 valence electrons. The van der Waals surface area contributed by atoms with Gasteiger partial charge in [0.05, 0.1) is 11.6 Å². The first kappa shape index (κ1) is 16.6. The molecule has 0 amide bonds. The Morgan fingerprint density at radius 3 is 2.67 bits per heavy atom. The van der Waals surface area contributed by atoms with Crippen LogP contribution in [0.2, 0.25) is 0 Å². The number of hydrogen-bond acceptors (Lipinski definition) is 4. The van der Waals surface area contributed by atoms with Crippen molar-refractivity contribution in [3.05, 3.63) is 63.3 Å². The number of carbonyl (C=O) groups excluding carboxylic acids is 1. The lowest BCUT2D eigenvalue weighted by atomic mass is 10.1. The Kier molecular flexibility index (Phi) is 4.62. The normalized spacial score (nSPS) is 10.8. The average Bonchev–Trinajstić information content (AvgIpc) is 2.88. The Bertz CT molecular complexity index is 911. The summed E-state index contributed by atoms with van der Waals surface area (Å²) in [5.41, 5.74) is 3.33. The molecule has 3 aromatic rings. The maximum absolute atomic E-state index is 12.0. The second-order valence-electron chi connectivity index (χ2n) is 5.52. The molecule has 1 aromatic heterocycles. The molecule has 0 radical (unpaired) electrons. The summed E-state index contributed by atoms with van der Waals surface area (Å²) in [6.07, 6.45) is 0. The molecule has 0 saturated heterocycles. The highest BCUT2D eigenvalue weighted by Crippen LogP contribution is 2.35. The van der Waals surface area contributed by atoms with Crippen LogP contribution in [-0.4, -0.2) is 13.1 Å². The third-order valence-corrected chi connectivity index (χ3v) is 4.57. The number of rotatable bonds is 4. The number of ether oxygens (including phenoxy) is 2. The van der Waals surface area contributed by atoms with Gasteiger partial charge in [-0.15, -0.1) is 0 Å². The zero-order valence-corrected chi connectivity index (χ0v) is 15.3. The largest absolute Gasteiger partial charge is 0.488 e. The Balaban J connectivity index is 1.98. The van der Waals surface area contributed by atoms with Gasteiger partial charge < -0.3 is 13.9 Å². The van der Waals surface area contributed by atoms with Gasteiger partial charge in [-0.05, 0) is 53.0 Å². The van der Waals surface area contributed by atoms with E-state index in [4.69, 9.17) is 13.9 Å². The Morgan fingerprint density at radius 1 is 1.21 bits per heavy atom. The molecule has 5 heteroatoms. The molecule has 24 heavy (non-hydrogen) atoms. The summed E-state index contributed by atoms with van der Waals surface area (Å²) in [7, 11) is 1.36. The van der Waals surface area contributed by atoms with Crippen molar-refractivity contribution in [3.8, 4) is 5.75 Å².